The van der Waals surface area contributed by atoms with Crippen LogP contribution in [0.4, 0.5) is 0 Å². The number of hydrogen-bond acceptors (Lipinski definition) is 3. The first-order valence-electron chi connectivity index (χ1n) is 7.16. The van der Waals surface area contributed by atoms with E-state index in [0.717, 1.165) is 18.6 Å². The van der Waals surface area contributed by atoms with E-state index in [9.17, 15) is 8.42 Å². The Morgan fingerprint density at radius 2 is 1.76 bits per heavy atom. The molecule has 0 fully saturated rings. The van der Waals surface area contributed by atoms with Gasteiger partial charge in [0.05, 0.1) is 6.26 Å². The van der Waals surface area contributed by atoms with Crippen molar-refractivity contribution >= 4 is 40.0 Å². The molecule has 1 atom stereocenters. The molecule has 8 heteroatoms. The van der Waals surface area contributed by atoms with Gasteiger partial charge in [-0.15, -0.1) is 24.0 Å². The smallest absolute Gasteiger partial charge is 0.208 e. The van der Waals surface area contributed by atoms with Crippen LogP contribution in [0.3, 0.4) is 0 Å². The van der Waals surface area contributed by atoms with Gasteiger partial charge in [-0.25, -0.2) is 13.1 Å². The lowest BCUT2D eigenvalue weighted by atomic mass is 10.0. The average molecular weight is 434 g/mol. The summed E-state index contributed by atoms with van der Waals surface area (Å²) in [7, 11) is -1.35. The molecule has 0 saturated carbocycles. The van der Waals surface area contributed by atoms with Gasteiger partial charge in [0.15, 0.2) is 5.96 Å². The van der Waals surface area contributed by atoms with Crippen LogP contribution in [0.1, 0.15) is 40.0 Å². The highest BCUT2D eigenvalue weighted by Gasteiger charge is 2.06. The van der Waals surface area contributed by atoms with Gasteiger partial charge in [0.25, 0.3) is 0 Å². The van der Waals surface area contributed by atoms with E-state index in [4.69, 9.17) is 0 Å². The van der Waals surface area contributed by atoms with Gasteiger partial charge >= 0.3 is 0 Å². The van der Waals surface area contributed by atoms with Crippen LogP contribution in [0.2, 0.25) is 0 Å². The zero-order valence-corrected chi connectivity index (χ0v) is 16.9. The molecule has 0 saturated heterocycles. The van der Waals surface area contributed by atoms with Gasteiger partial charge in [0.2, 0.25) is 10.0 Å². The molecule has 128 valence electrons. The van der Waals surface area contributed by atoms with Crippen molar-refractivity contribution in [1.82, 2.24) is 15.4 Å². The van der Waals surface area contributed by atoms with Crippen molar-refractivity contribution in [2.45, 2.75) is 46.1 Å². The van der Waals surface area contributed by atoms with Gasteiger partial charge in [-0.1, -0.05) is 13.8 Å². The number of rotatable bonds is 9. The van der Waals surface area contributed by atoms with Crippen LogP contribution in [0.5, 0.6) is 0 Å². The quantitative estimate of drug-likeness (QED) is 0.223. The molecule has 0 aliphatic rings. The van der Waals surface area contributed by atoms with Gasteiger partial charge in [0.1, 0.15) is 0 Å². The van der Waals surface area contributed by atoms with Crippen molar-refractivity contribution < 1.29 is 8.42 Å². The maximum atomic E-state index is 10.9. The monoisotopic (exact) mass is 434 g/mol. The van der Waals surface area contributed by atoms with Gasteiger partial charge in [-0.05, 0) is 32.1 Å². The molecule has 0 aromatic heterocycles. The summed E-state index contributed by atoms with van der Waals surface area (Å²) in [5.41, 5.74) is 0. The Hall–Kier alpha value is -0.0900. The summed E-state index contributed by atoms with van der Waals surface area (Å²) in [6.07, 6.45) is 4.17. The second-order valence-corrected chi connectivity index (χ2v) is 7.37. The van der Waals surface area contributed by atoms with Crippen LogP contribution in [-0.2, 0) is 10.0 Å². The predicted octanol–water partition coefficient (Wildman–Crippen LogP) is 1.53. The third-order valence-electron chi connectivity index (χ3n) is 2.79. The fourth-order valence-corrected chi connectivity index (χ4v) is 2.15. The zero-order valence-electron chi connectivity index (χ0n) is 13.8. The lowest BCUT2D eigenvalue weighted by Crippen LogP contribution is -2.43. The van der Waals surface area contributed by atoms with E-state index in [1.165, 1.54) is 6.42 Å². The van der Waals surface area contributed by atoms with Crippen molar-refractivity contribution in [2.75, 3.05) is 26.4 Å². The number of halogens is 1. The lowest BCUT2D eigenvalue weighted by molar-refractivity contribution is 0.489. The molecule has 21 heavy (non-hydrogen) atoms. The van der Waals surface area contributed by atoms with Crippen LogP contribution < -0.4 is 15.4 Å². The predicted molar refractivity (Wildman–Crippen MR) is 101 cm³/mol. The SMILES string of the molecule is CN=C(NCCCNS(C)(=O)=O)NC(C)CCC(C)C.I. The molecule has 6 nitrogen and oxygen atoms in total. The van der Waals surface area contributed by atoms with Crippen molar-refractivity contribution in [3.05, 3.63) is 0 Å². The Kier molecular flexibility index (Phi) is 13.7. The maximum absolute atomic E-state index is 10.9. The Labute approximate surface area is 147 Å². The summed E-state index contributed by atoms with van der Waals surface area (Å²) >= 11 is 0. The molecule has 0 radical (unpaired) electrons. The first-order valence-corrected chi connectivity index (χ1v) is 9.05. The van der Waals surface area contributed by atoms with Crippen LogP contribution in [0, 0.1) is 5.92 Å². The summed E-state index contributed by atoms with van der Waals surface area (Å²) in [6.45, 7) is 7.69. The molecule has 0 aliphatic heterocycles. The zero-order chi connectivity index (χ0) is 15.6. The fraction of sp³-hybridized carbons (Fsp3) is 0.923. The molecule has 0 aromatic carbocycles. The average Bonchev–Trinajstić information content (AvgIpc) is 2.33. The van der Waals surface area contributed by atoms with E-state index >= 15 is 0 Å². The number of sulfonamides is 1. The molecule has 0 heterocycles. The maximum Gasteiger partial charge on any atom is 0.208 e. The highest BCUT2D eigenvalue weighted by atomic mass is 127. The van der Waals surface area contributed by atoms with E-state index in [0.29, 0.717) is 31.5 Å². The van der Waals surface area contributed by atoms with Gasteiger partial charge < -0.3 is 10.6 Å². The summed E-state index contributed by atoms with van der Waals surface area (Å²) in [4.78, 5) is 4.16. The van der Waals surface area contributed by atoms with Crippen LogP contribution in [0.15, 0.2) is 4.99 Å². The number of hydrogen-bond donors (Lipinski definition) is 3. The summed E-state index contributed by atoms with van der Waals surface area (Å²) < 4.78 is 24.2. The minimum atomic E-state index is -3.09. The molecular formula is C13H31IN4O2S. The Morgan fingerprint density at radius 1 is 1.14 bits per heavy atom. The van der Waals surface area contributed by atoms with E-state index in [2.05, 4.69) is 41.1 Å². The largest absolute Gasteiger partial charge is 0.356 e. The van der Waals surface area contributed by atoms with E-state index in [-0.39, 0.29) is 24.0 Å². The highest BCUT2D eigenvalue weighted by molar-refractivity contribution is 14.0. The molecule has 0 rings (SSSR count). The van der Waals surface area contributed by atoms with E-state index in [1.807, 2.05) is 0 Å². The molecular weight excluding hydrogens is 403 g/mol. The molecule has 0 spiro atoms. The van der Waals surface area contributed by atoms with Gasteiger partial charge in [-0.3, -0.25) is 4.99 Å². The van der Waals surface area contributed by atoms with E-state index < -0.39 is 10.0 Å². The fourth-order valence-electron chi connectivity index (χ4n) is 1.64. The molecule has 0 amide bonds. The normalized spacial score (nSPS) is 13.7. The molecule has 3 N–H and O–H groups in total. The minimum absolute atomic E-state index is 0. The number of nitrogens with one attached hydrogen (secondary N) is 3. The molecule has 1 unspecified atom stereocenters. The van der Waals surface area contributed by atoms with Crippen LogP contribution >= 0.6 is 24.0 Å². The van der Waals surface area contributed by atoms with Crippen molar-refractivity contribution in [2.24, 2.45) is 10.9 Å². The minimum Gasteiger partial charge on any atom is -0.356 e. The molecule has 0 aromatic rings. The molecule has 0 aliphatic carbocycles. The Balaban J connectivity index is 0. The number of guanidine groups is 1. The number of aliphatic imine (C=N–C) groups is 1. The Bertz CT molecular complexity index is 386. The van der Waals surface area contributed by atoms with Crippen LogP contribution in [0.25, 0.3) is 0 Å². The van der Waals surface area contributed by atoms with Crippen LogP contribution in [-0.4, -0.2) is 46.8 Å². The summed E-state index contributed by atoms with van der Waals surface area (Å²) in [5.74, 6) is 1.47. The summed E-state index contributed by atoms with van der Waals surface area (Å²) in [6, 6.07) is 0.373. The Morgan fingerprint density at radius 3 is 2.24 bits per heavy atom. The first kappa shape index (κ1) is 23.2. The highest BCUT2D eigenvalue weighted by Crippen LogP contribution is 2.06. The first-order chi connectivity index (χ1) is 9.24. The van der Waals surface area contributed by atoms with Gasteiger partial charge in [0, 0.05) is 26.2 Å². The molecule has 0 bridgehead atoms. The summed E-state index contributed by atoms with van der Waals surface area (Å²) in [5, 5.41) is 6.51. The topological polar surface area (TPSA) is 82.6 Å². The second kappa shape index (κ2) is 12.5. The second-order valence-electron chi connectivity index (χ2n) is 5.54. The third-order valence-corrected chi connectivity index (χ3v) is 3.52. The standard InChI is InChI=1S/C13H30N4O2S.HI/c1-11(2)7-8-12(3)17-13(14-4)15-9-6-10-16-20(5,18)19;/h11-12,16H,6-10H2,1-5H3,(H2,14,15,17);1H. The van der Waals surface area contributed by atoms with E-state index in [1.54, 1.807) is 7.05 Å². The van der Waals surface area contributed by atoms with Crippen molar-refractivity contribution in [1.29, 1.82) is 0 Å². The van der Waals surface area contributed by atoms with Gasteiger partial charge in [-0.2, -0.15) is 0 Å². The van der Waals surface area contributed by atoms with Crippen molar-refractivity contribution in [3.63, 3.8) is 0 Å². The lowest BCUT2D eigenvalue weighted by Gasteiger charge is -2.18. The van der Waals surface area contributed by atoms with Crippen molar-refractivity contribution in [3.8, 4) is 0 Å². The number of nitrogens with zero attached hydrogens (tertiary/aromatic N) is 1. The third kappa shape index (κ3) is 16.1.